The third-order valence-electron chi connectivity index (χ3n) is 12.2. The molecule has 1 aromatic heterocycles. The molecule has 0 saturated heterocycles. The van der Waals surface area contributed by atoms with Gasteiger partial charge in [-0.25, -0.2) is 0 Å². The van der Waals surface area contributed by atoms with Gasteiger partial charge in [0.15, 0.2) is 0 Å². The van der Waals surface area contributed by atoms with Crippen LogP contribution in [-0.2, 0) is 0 Å². The number of hydrogen-bond donors (Lipinski definition) is 0. The van der Waals surface area contributed by atoms with Crippen LogP contribution >= 0.6 is 11.3 Å². The van der Waals surface area contributed by atoms with Gasteiger partial charge in [0.2, 0.25) is 0 Å². The van der Waals surface area contributed by atoms with Gasteiger partial charge in [0, 0.05) is 20.2 Å². The van der Waals surface area contributed by atoms with Gasteiger partial charge in [0.05, 0.1) is 0 Å². The van der Waals surface area contributed by atoms with Crippen LogP contribution in [0.5, 0.6) is 0 Å². The van der Waals surface area contributed by atoms with E-state index in [4.69, 9.17) is 0 Å². The van der Waals surface area contributed by atoms with E-state index in [-0.39, 0.29) is 0 Å². The van der Waals surface area contributed by atoms with Crippen molar-refractivity contribution in [2.24, 2.45) is 0 Å². The lowest BCUT2D eigenvalue weighted by atomic mass is 9.84. The van der Waals surface area contributed by atoms with Gasteiger partial charge in [-0.3, -0.25) is 0 Å². The lowest BCUT2D eigenvalue weighted by molar-refractivity contribution is 1.61. The Hall–Kier alpha value is -7.32. The first-order valence-electron chi connectivity index (χ1n) is 20.3. The molecule has 0 bridgehead atoms. The molecule has 0 aliphatic carbocycles. The fourth-order valence-electron chi connectivity index (χ4n) is 9.76. The van der Waals surface area contributed by atoms with Crippen LogP contribution in [0.1, 0.15) is 0 Å². The molecule has 12 rings (SSSR count). The van der Waals surface area contributed by atoms with Crippen LogP contribution in [-0.4, -0.2) is 0 Å². The van der Waals surface area contributed by atoms with Crippen molar-refractivity contribution in [2.45, 2.75) is 0 Å². The standard InChI is InChI=1S/C58H36S/c1-3-17-37(18-4-1)39-21-15-22-40(35-39)55-42-23-7-9-25-44(42)56(45-26-10-8-24-43(45)55)41-33-34-50-53(36-41)59-52-32-16-31-51(58(50)52)57-48-29-13-11-27-46(48)54(38-19-5-2-6-20-38)47-28-12-14-30-49(47)57/h1-36H. The highest BCUT2D eigenvalue weighted by Gasteiger charge is 2.21. The van der Waals surface area contributed by atoms with E-state index in [1.807, 2.05) is 11.3 Å². The Morgan fingerprint density at radius 3 is 1.17 bits per heavy atom. The van der Waals surface area contributed by atoms with E-state index in [9.17, 15) is 0 Å². The third kappa shape index (κ3) is 5.36. The molecule has 12 aromatic rings. The minimum Gasteiger partial charge on any atom is -0.135 e. The summed E-state index contributed by atoms with van der Waals surface area (Å²) in [5.41, 5.74) is 12.6. The molecule has 274 valence electrons. The van der Waals surface area contributed by atoms with Crippen molar-refractivity contribution in [2.75, 3.05) is 0 Å². The molecular formula is C58H36S. The van der Waals surface area contributed by atoms with Crippen molar-refractivity contribution in [3.63, 3.8) is 0 Å². The van der Waals surface area contributed by atoms with Crippen LogP contribution in [0.25, 0.3) is 119 Å². The Labute approximate surface area is 346 Å². The fourth-order valence-corrected chi connectivity index (χ4v) is 10.9. The van der Waals surface area contributed by atoms with Crippen LogP contribution in [0.15, 0.2) is 218 Å². The summed E-state index contributed by atoms with van der Waals surface area (Å²) >= 11 is 1.90. The monoisotopic (exact) mass is 764 g/mol. The summed E-state index contributed by atoms with van der Waals surface area (Å²) < 4.78 is 2.60. The van der Waals surface area contributed by atoms with Crippen LogP contribution in [0.4, 0.5) is 0 Å². The lowest BCUT2D eigenvalue weighted by Crippen LogP contribution is -1.91. The van der Waals surface area contributed by atoms with Gasteiger partial charge in [-0.2, -0.15) is 0 Å². The molecule has 0 radical (unpaired) electrons. The zero-order valence-electron chi connectivity index (χ0n) is 32.2. The Balaban J connectivity index is 1.08. The van der Waals surface area contributed by atoms with E-state index in [2.05, 4.69) is 218 Å². The molecule has 0 N–H and O–H groups in total. The van der Waals surface area contributed by atoms with Crippen molar-refractivity contribution in [3.8, 4) is 55.6 Å². The number of benzene rings is 11. The van der Waals surface area contributed by atoms with Gasteiger partial charge < -0.3 is 0 Å². The van der Waals surface area contributed by atoms with E-state index >= 15 is 0 Å². The molecule has 59 heavy (non-hydrogen) atoms. The molecule has 0 atom stereocenters. The topological polar surface area (TPSA) is 0 Å². The van der Waals surface area contributed by atoms with Crippen molar-refractivity contribution in [1.82, 2.24) is 0 Å². The van der Waals surface area contributed by atoms with Crippen LogP contribution in [0.2, 0.25) is 0 Å². The van der Waals surface area contributed by atoms with E-state index < -0.39 is 0 Å². The Morgan fingerprint density at radius 2 is 0.627 bits per heavy atom. The van der Waals surface area contributed by atoms with Gasteiger partial charge in [-0.15, -0.1) is 11.3 Å². The second kappa shape index (κ2) is 13.7. The first kappa shape index (κ1) is 33.8. The summed E-state index contributed by atoms with van der Waals surface area (Å²) in [7, 11) is 0. The lowest BCUT2D eigenvalue weighted by Gasteiger charge is -2.19. The highest BCUT2D eigenvalue weighted by Crippen LogP contribution is 2.50. The largest absolute Gasteiger partial charge is 0.135 e. The van der Waals surface area contributed by atoms with Crippen molar-refractivity contribution in [3.05, 3.63) is 218 Å². The molecule has 0 unspecified atom stereocenters. The molecule has 0 saturated carbocycles. The molecule has 0 aliphatic heterocycles. The van der Waals surface area contributed by atoms with Gasteiger partial charge in [-0.1, -0.05) is 200 Å². The van der Waals surface area contributed by atoms with Gasteiger partial charge in [0.1, 0.15) is 0 Å². The second-order valence-electron chi connectivity index (χ2n) is 15.5. The summed E-state index contributed by atoms with van der Waals surface area (Å²) in [5.74, 6) is 0. The van der Waals surface area contributed by atoms with Crippen molar-refractivity contribution < 1.29 is 0 Å². The summed E-state index contributed by atoms with van der Waals surface area (Å²) in [4.78, 5) is 0. The molecule has 0 aliphatic rings. The normalized spacial score (nSPS) is 11.7. The average molecular weight is 765 g/mol. The number of thiophene rings is 1. The van der Waals surface area contributed by atoms with Crippen molar-refractivity contribution >= 4 is 74.6 Å². The highest BCUT2D eigenvalue weighted by molar-refractivity contribution is 7.26. The van der Waals surface area contributed by atoms with E-state index in [1.54, 1.807) is 0 Å². The predicted octanol–water partition coefficient (Wildman–Crippen LogP) is 17.0. The molecule has 0 fully saturated rings. The molecule has 1 heteroatoms. The highest BCUT2D eigenvalue weighted by atomic mass is 32.1. The minimum absolute atomic E-state index is 1.23. The van der Waals surface area contributed by atoms with E-state index in [0.717, 1.165) is 0 Å². The molecule has 1 heterocycles. The Bertz CT molecular complexity index is 3480. The van der Waals surface area contributed by atoms with Crippen LogP contribution < -0.4 is 0 Å². The number of hydrogen-bond acceptors (Lipinski definition) is 1. The third-order valence-corrected chi connectivity index (χ3v) is 13.4. The number of rotatable bonds is 5. The maximum Gasteiger partial charge on any atom is 0.0361 e. The minimum atomic E-state index is 1.23. The molecular weight excluding hydrogens is 729 g/mol. The summed E-state index contributed by atoms with van der Waals surface area (Å²) in [6.45, 7) is 0. The first-order valence-corrected chi connectivity index (χ1v) is 21.2. The smallest absolute Gasteiger partial charge is 0.0361 e. The molecule has 0 spiro atoms. The fraction of sp³-hybridized carbons (Fsp3) is 0. The van der Waals surface area contributed by atoms with E-state index in [1.165, 1.54) is 119 Å². The van der Waals surface area contributed by atoms with Gasteiger partial charge in [0.25, 0.3) is 0 Å². The molecule has 0 amide bonds. The van der Waals surface area contributed by atoms with Gasteiger partial charge in [-0.05, 0) is 117 Å². The van der Waals surface area contributed by atoms with Crippen molar-refractivity contribution in [1.29, 1.82) is 0 Å². The van der Waals surface area contributed by atoms with Crippen LogP contribution in [0, 0.1) is 0 Å². The zero-order chi connectivity index (χ0) is 38.9. The first-order chi connectivity index (χ1) is 29.3. The summed E-state index contributed by atoms with van der Waals surface area (Å²) in [5, 5.41) is 12.8. The zero-order valence-corrected chi connectivity index (χ0v) is 33.0. The van der Waals surface area contributed by atoms with E-state index in [0.29, 0.717) is 0 Å². The maximum atomic E-state index is 2.45. The van der Waals surface area contributed by atoms with Gasteiger partial charge >= 0.3 is 0 Å². The summed E-state index contributed by atoms with van der Waals surface area (Å²) in [6, 6.07) is 80.6. The van der Waals surface area contributed by atoms with Crippen LogP contribution in [0.3, 0.4) is 0 Å². The maximum absolute atomic E-state index is 2.45. The second-order valence-corrected chi connectivity index (χ2v) is 16.6. The summed E-state index contributed by atoms with van der Waals surface area (Å²) in [6.07, 6.45) is 0. The number of fused-ring (bicyclic) bond motifs is 7. The molecule has 11 aromatic carbocycles. The predicted molar refractivity (Wildman–Crippen MR) is 257 cm³/mol. The average Bonchev–Trinajstić information content (AvgIpc) is 3.69. The quantitative estimate of drug-likeness (QED) is 0.153. The Kier molecular flexibility index (Phi) is 7.82. The molecule has 0 nitrogen and oxygen atoms in total. The SMILES string of the molecule is c1ccc(-c2cccc(-c3c4ccccc4c(-c4ccc5c(c4)sc4cccc(-c6c7ccccc7c(-c7ccccc7)c7ccccc67)c45)c4ccccc34)c2)cc1. The Morgan fingerprint density at radius 1 is 0.220 bits per heavy atom.